The maximum Gasteiger partial charge on any atom is 0.160 e. The largest absolute Gasteiger partial charge is 0.488 e. The van der Waals surface area contributed by atoms with Crippen LogP contribution in [0.4, 0.5) is 0 Å². The van der Waals surface area contributed by atoms with Crippen molar-refractivity contribution >= 4 is 23.2 Å². The summed E-state index contributed by atoms with van der Waals surface area (Å²) in [6.07, 6.45) is 1.79. The van der Waals surface area contributed by atoms with Crippen molar-refractivity contribution in [2.24, 2.45) is 0 Å². The first-order chi connectivity index (χ1) is 12.8. The van der Waals surface area contributed by atoms with E-state index in [1.54, 1.807) is 24.4 Å². The predicted molar refractivity (Wildman–Crippen MR) is 112 cm³/mol. The van der Waals surface area contributed by atoms with E-state index in [4.69, 9.17) is 27.9 Å². The molecule has 1 heterocycles. The van der Waals surface area contributed by atoms with Gasteiger partial charge < -0.3 is 4.74 Å². The van der Waals surface area contributed by atoms with Crippen LogP contribution in [0.1, 0.15) is 42.1 Å². The molecule has 0 N–H and O–H groups in total. The Bertz CT molecular complexity index is 971. The van der Waals surface area contributed by atoms with E-state index in [1.807, 2.05) is 13.8 Å². The summed E-state index contributed by atoms with van der Waals surface area (Å²) in [4.78, 5) is 9.05. The molecule has 0 radical (unpaired) electrons. The zero-order chi connectivity index (χ0) is 19.6. The van der Waals surface area contributed by atoms with Crippen LogP contribution in [0.3, 0.4) is 0 Å². The first-order valence-corrected chi connectivity index (χ1v) is 9.62. The van der Waals surface area contributed by atoms with Crippen molar-refractivity contribution in [3.63, 3.8) is 0 Å². The number of ether oxygens (including phenoxy) is 1. The minimum Gasteiger partial charge on any atom is -0.488 e. The summed E-state index contributed by atoms with van der Waals surface area (Å²) < 4.78 is 6.06. The second-order valence-corrected chi connectivity index (χ2v) is 7.74. The molecule has 0 bridgehead atoms. The van der Waals surface area contributed by atoms with Crippen molar-refractivity contribution < 1.29 is 4.74 Å². The predicted octanol–water partition coefficient (Wildman–Crippen LogP) is 6.77. The Hall–Kier alpha value is -2.10. The molecule has 5 heteroatoms. The number of halogens is 2. The van der Waals surface area contributed by atoms with Crippen molar-refractivity contribution in [2.75, 3.05) is 0 Å². The third-order valence-electron chi connectivity index (χ3n) is 4.51. The average Bonchev–Trinajstić information content (AvgIpc) is 2.63. The van der Waals surface area contributed by atoms with Gasteiger partial charge in [-0.05, 0) is 55.2 Å². The zero-order valence-corrected chi connectivity index (χ0v) is 17.4. The van der Waals surface area contributed by atoms with Crippen molar-refractivity contribution in [3.05, 3.63) is 75.0 Å². The summed E-state index contributed by atoms with van der Waals surface area (Å²) in [5, 5.41) is 1.17. The molecule has 140 valence electrons. The average molecular weight is 401 g/mol. The van der Waals surface area contributed by atoms with Gasteiger partial charge in [0, 0.05) is 28.0 Å². The monoisotopic (exact) mass is 400 g/mol. The highest BCUT2D eigenvalue weighted by atomic mass is 35.5. The molecule has 1 aromatic heterocycles. The first kappa shape index (κ1) is 19.7. The Morgan fingerprint density at radius 1 is 1.04 bits per heavy atom. The molecular weight excluding hydrogens is 379 g/mol. The minimum atomic E-state index is 0.414. The molecule has 0 aliphatic carbocycles. The molecule has 0 unspecified atom stereocenters. The van der Waals surface area contributed by atoms with Gasteiger partial charge in [0.25, 0.3) is 0 Å². The standard InChI is InChI=1S/C22H22Cl2N2O/c1-13(2)16-6-5-14(3)21(9-16)27-12-17-11-25-22(26-15(17)4)19-10-18(23)7-8-20(19)24/h5-11,13H,12H2,1-4H3. The molecule has 0 spiro atoms. The summed E-state index contributed by atoms with van der Waals surface area (Å²) in [6.45, 7) is 8.75. The second-order valence-electron chi connectivity index (χ2n) is 6.90. The van der Waals surface area contributed by atoms with Crippen LogP contribution < -0.4 is 4.74 Å². The van der Waals surface area contributed by atoms with E-state index in [9.17, 15) is 0 Å². The van der Waals surface area contributed by atoms with Crippen LogP contribution in [-0.4, -0.2) is 9.97 Å². The van der Waals surface area contributed by atoms with Crippen molar-refractivity contribution in [3.8, 4) is 17.1 Å². The molecule has 3 aromatic rings. The summed E-state index contributed by atoms with van der Waals surface area (Å²) in [7, 11) is 0. The normalized spacial score (nSPS) is 11.1. The van der Waals surface area contributed by atoms with Gasteiger partial charge in [0.2, 0.25) is 0 Å². The van der Waals surface area contributed by atoms with Crippen molar-refractivity contribution in [1.29, 1.82) is 0 Å². The first-order valence-electron chi connectivity index (χ1n) is 8.86. The van der Waals surface area contributed by atoms with Crippen molar-refractivity contribution in [1.82, 2.24) is 9.97 Å². The number of benzene rings is 2. The minimum absolute atomic E-state index is 0.414. The molecule has 3 nitrogen and oxygen atoms in total. The summed E-state index contributed by atoms with van der Waals surface area (Å²) in [5.41, 5.74) is 4.88. The van der Waals surface area contributed by atoms with Gasteiger partial charge in [-0.3, -0.25) is 0 Å². The van der Waals surface area contributed by atoms with Crippen LogP contribution in [0, 0.1) is 13.8 Å². The van der Waals surface area contributed by atoms with Gasteiger partial charge in [0.1, 0.15) is 12.4 Å². The van der Waals surface area contributed by atoms with Gasteiger partial charge in [0.15, 0.2) is 5.82 Å². The fourth-order valence-corrected chi connectivity index (χ4v) is 3.09. The highest BCUT2D eigenvalue weighted by Gasteiger charge is 2.11. The van der Waals surface area contributed by atoms with Crippen LogP contribution in [0.5, 0.6) is 5.75 Å². The number of aryl methyl sites for hydroxylation is 2. The topological polar surface area (TPSA) is 35.0 Å². The third kappa shape index (κ3) is 4.60. The lowest BCUT2D eigenvalue weighted by molar-refractivity contribution is 0.302. The number of hydrogen-bond acceptors (Lipinski definition) is 3. The van der Waals surface area contributed by atoms with E-state index in [-0.39, 0.29) is 0 Å². The van der Waals surface area contributed by atoms with Crippen LogP contribution in [0.2, 0.25) is 10.0 Å². The third-order valence-corrected chi connectivity index (χ3v) is 5.08. The van der Waals surface area contributed by atoms with E-state index < -0.39 is 0 Å². The maximum absolute atomic E-state index is 6.26. The Kier molecular flexibility index (Phi) is 6.03. The van der Waals surface area contributed by atoms with E-state index in [0.29, 0.717) is 28.4 Å². The van der Waals surface area contributed by atoms with Gasteiger partial charge in [-0.15, -0.1) is 0 Å². The summed E-state index contributed by atoms with van der Waals surface area (Å²) in [6, 6.07) is 11.6. The van der Waals surface area contributed by atoms with Gasteiger partial charge in [-0.2, -0.15) is 0 Å². The lowest BCUT2D eigenvalue weighted by atomic mass is 10.0. The summed E-state index contributed by atoms with van der Waals surface area (Å²) in [5.74, 6) is 1.91. The molecule has 0 saturated heterocycles. The van der Waals surface area contributed by atoms with E-state index in [2.05, 4.69) is 42.0 Å². The van der Waals surface area contributed by atoms with E-state index >= 15 is 0 Å². The molecule has 0 saturated carbocycles. The Morgan fingerprint density at radius 3 is 2.52 bits per heavy atom. The van der Waals surface area contributed by atoms with Crippen LogP contribution in [0.15, 0.2) is 42.6 Å². The van der Waals surface area contributed by atoms with Crippen LogP contribution in [0.25, 0.3) is 11.4 Å². The molecule has 0 aliphatic heterocycles. The fourth-order valence-electron chi connectivity index (χ4n) is 2.72. The number of rotatable bonds is 5. The molecule has 27 heavy (non-hydrogen) atoms. The highest BCUT2D eigenvalue weighted by molar-refractivity contribution is 6.35. The van der Waals surface area contributed by atoms with Crippen LogP contribution >= 0.6 is 23.2 Å². The van der Waals surface area contributed by atoms with Crippen LogP contribution in [-0.2, 0) is 6.61 Å². The van der Waals surface area contributed by atoms with Gasteiger partial charge in [-0.25, -0.2) is 9.97 Å². The molecule has 0 fully saturated rings. The Balaban J connectivity index is 1.81. The lowest BCUT2D eigenvalue weighted by Gasteiger charge is -2.14. The van der Waals surface area contributed by atoms with Gasteiger partial charge >= 0.3 is 0 Å². The van der Waals surface area contributed by atoms with Crippen molar-refractivity contribution in [2.45, 2.75) is 40.2 Å². The molecule has 0 amide bonds. The van der Waals surface area contributed by atoms with Gasteiger partial charge in [-0.1, -0.05) is 49.2 Å². The number of nitrogens with zero attached hydrogens (tertiary/aromatic N) is 2. The second kappa shape index (κ2) is 8.28. The Labute approximate surface area is 170 Å². The maximum atomic E-state index is 6.26. The zero-order valence-electron chi connectivity index (χ0n) is 15.9. The number of aromatic nitrogens is 2. The molecule has 0 aliphatic rings. The highest BCUT2D eigenvalue weighted by Crippen LogP contribution is 2.29. The smallest absolute Gasteiger partial charge is 0.160 e. The SMILES string of the molecule is Cc1ccc(C(C)C)cc1OCc1cnc(-c2cc(Cl)ccc2Cl)nc1C. The molecule has 2 aromatic carbocycles. The summed E-state index contributed by atoms with van der Waals surface area (Å²) >= 11 is 12.3. The molecular formula is C22H22Cl2N2O. The molecule has 3 rings (SSSR count). The Morgan fingerprint density at radius 2 is 1.81 bits per heavy atom. The van der Waals surface area contributed by atoms with E-state index in [1.165, 1.54) is 5.56 Å². The molecule has 0 atom stereocenters. The number of hydrogen-bond donors (Lipinski definition) is 0. The lowest BCUT2D eigenvalue weighted by Crippen LogP contribution is -2.04. The van der Waals surface area contributed by atoms with E-state index in [0.717, 1.165) is 28.1 Å². The quantitative estimate of drug-likeness (QED) is 0.473. The van der Waals surface area contributed by atoms with Gasteiger partial charge in [0.05, 0.1) is 5.02 Å². The fraction of sp³-hybridized carbons (Fsp3) is 0.273.